The van der Waals surface area contributed by atoms with Crippen molar-refractivity contribution in [1.29, 1.82) is 0 Å². The van der Waals surface area contributed by atoms with Gasteiger partial charge in [-0.15, -0.1) is 0 Å². The number of nitrogens with one attached hydrogen (secondary N) is 1. The molecule has 0 aromatic carbocycles. The summed E-state index contributed by atoms with van der Waals surface area (Å²) in [6.45, 7) is 5.61. The van der Waals surface area contributed by atoms with Gasteiger partial charge in [-0.05, 0) is 77.0 Å². The summed E-state index contributed by atoms with van der Waals surface area (Å²) >= 11 is 0. The Bertz CT molecular complexity index is 1490. The molecule has 0 spiro atoms. The largest absolute Gasteiger partial charge is 0.454 e. The second-order valence-electron chi connectivity index (χ2n) is 19.6. The monoisotopic (exact) mass is 1010 g/mol. The fourth-order valence-corrected chi connectivity index (χ4v) is 8.48. The van der Waals surface area contributed by atoms with Crippen LogP contribution in [0.3, 0.4) is 0 Å². The first-order valence-corrected chi connectivity index (χ1v) is 28.9. The van der Waals surface area contributed by atoms with Crippen LogP contribution in [0.4, 0.5) is 0 Å². The lowest BCUT2D eigenvalue weighted by molar-refractivity contribution is -0.305. The van der Waals surface area contributed by atoms with Gasteiger partial charge in [0, 0.05) is 6.42 Å². The molecule has 0 saturated carbocycles. The fraction of sp³-hybridized carbons (Fsp3) is 0.738. The summed E-state index contributed by atoms with van der Waals surface area (Å²) in [5.41, 5.74) is 0. The van der Waals surface area contributed by atoms with Crippen molar-refractivity contribution in [2.45, 2.75) is 275 Å². The minimum Gasteiger partial charge on any atom is -0.454 e. The minimum atomic E-state index is -1.62. The molecule has 1 rings (SSSR count). The second kappa shape index (κ2) is 48.8. The van der Waals surface area contributed by atoms with Gasteiger partial charge in [-0.2, -0.15) is 0 Å². The first-order valence-electron chi connectivity index (χ1n) is 28.9. The first-order chi connectivity index (χ1) is 35.2. The zero-order valence-corrected chi connectivity index (χ0v) is 45.5. The van der Waals surface area contributed by atoms with E-state index in [0.29, 0.717) is 19.3 Å². The van der Waals surface area contributed by atoms with E-state index >= 15 is 0 Å². The molecular weight excluding hydrogens is 907 g/mol. The van der Waals surface area contributed by atoms with E-state index in [1.54, 1.807) is 6.08 Å². The van der Waals surface area contributed by atoms with Gasteiger partial charge >= 0.3 is 5.97 Å². The number of ether oxygens (including phenoxy) is 3. The van der Waals surface area contributed by atoms with E-state index in [4.69, 9.17) is 14.2 Å². The molecule has 414 valence electrons. The average Bonchev–Trinajstić information content (AvgIpc) is 3.38. The number of esters is 1. The number of aliphatic hydroxyl groups excluding tert-OH is 5. The molecule has 11 heteroatoms. The molecule has 1 fully saturated rings. The van der Waals surface area contributed by atoms with Crippen LogP contribution in [-0.2, 0) is 23.8 Å². The second-order valence-corrected chi connectivity index (χ2v) is 19.6. The number of aliphatic hydroxyl groups is 5. The topological polar surface area (TPSA) is 175 Å². The van der Waals surface area contributed by atoms with Crippen LogP contribution >= 0.6 is 0 Å². The molecule has 72 heavy (non-hydrogen) atoms. The number of carbonyl (C=O) groups excluding carboxylic acids is 2. The van der Waals surface area contributed by atoms with Crippen LogP contribution in [0, 0.1) is 0 Å². The van der Waals surface area contributed by atoms with E-state index in [1.165, 1.54) is 89.9 Å². The highest BCUT2D eigenvalue weighted by Crippen LogP contribution is 2.26. The van der Waals surface area contributed by atoms with Crippen molar-refractivity contribution in [2.24, 2.45) is 0 Å². The smallest absolute Gasteiger partial charge is 0.306 e. The molecule has 0 bridgehead atoms. The van der Waals surface area contributed by atoms with Crippen molar-refractivity contribution in [3.05, 3.63) is 85.1 Å². The summed E-state index contributed by atoms with van der Waals surface area (Å²) in [5.74, 6) is -1.24. The molecule has 8 unspecified atom stereocenters. The van der Waals surface area contributed by atoms with Crippen LogP contribution < -0.4 is 5.32 Å². The van der Waals surface area contributed by atoms with Gasteiger partial charge in [0.1, 0.15) is 24.4 Å². The Morgan fingerprint density at radius 1 is 0.556 bits per heavy atom. The lowest BCUT2D eigenvalue weighted by Gasteiger charge is -2.41. The van der Waals surface area contributed by atoms with Crippen LogP contribution in [0.1, 0.15) is 226 Å². The maximum atomic E-state index is 13.4. The number of rotatable bonds is 47. The third kappa shape index (κ3) is 36.7. The maximum absolute atomic E-state index is 13.4. The Morgan fingerprint density at radius 2 is 1.00 bits per heavy atom. The molecule has 8 atom stereocenters. The van der Waals surface area contributed by atoms with Gasteiger partial charge in [-0.3, -0.25) is 9.59 Å². The molecule has 0 aromatic rings. The SMILES string of the molecule is CC/C=C\C/C=C\C/C=C\C/C=C\C/C=C\C/C=C\CCCC(O)C(=O)NC(COC1OC(CO)C(O)C(O)C1OC(=O)CCCCCCCCCCCCC)C(O)/C=C/CCCCCCCCCCCC. The van der Waals surface area contributed by atoms with E-state index in [0.717, 1.165) is 83.5 Å². The third-order valence-electron chi connectivity index (χ3n) is 13.1. The predicted molar refractivity (Wildman–Crippen MR) is 296 cm³/mol. The molecule has 1 saturated heterocycles. The van der Waals surface area contributed by atoms with Crippen molar-refractivity contribution < 1.29 is 49.3 Å². The van der Waals surface area contributed by atoms with Gasteiger partial charge in [0.15, 0.2) is 12.4 Å². The Morgan fingerprint density at radius 3 is 1.49 bits per heavy atom. The lowest BCUT2D eigenvalue weighted by atomic mass is 9.99. The highest BCUT2D eigenvalue weighted by Gasteiger charge is 2.47. The number of allylic oxidation sites excluding steroid dienone is 13. The van der Waals surface area contributed by atoms with Crippen LogP contribution in [0.25, 0.3) is 0 Å². The normalized spacial score (nSPS) is 20.1. The molecule has 6 N–H and O–H groups in total. The molecule has 11 nitrogen and oxygen atoms in total. The lowest BCUT2D eigenvalue weighted by Crippen LogP contribution is -2.61. The van der Waals surface area contributed by atoms with E-state index in [-0.39, 0.29) is 19.4 Å². The van der Waals surface area contributed by atoms with Crippen LogP contribution in [0.2, 0.25) is 0 Å². The number of amides is 1. The average molecular weight is 1010 g/mol. The third-order valence-corrected chi connectivity index (χ3v) is 13.1. The zero-order valence-electron chi connectivity index (χ0n) is 45.5. The number of unbranched alkanes of at least 4 members (excludes halogenated alkanes) is 21. The van der Waals surface area contributed by atoms with E-state index in [1.807, 2.05) is 12.2 Å². The summed E-state index contributed by atoms with van der Waals surface area (Å²) < 4.78 is 17.5. The van der Waals surface area contributed by atoms with Crippen LogP contribution in [0.5, 0.6) is 0 Å². The quantitative estimate of drug-likeness (QED) is 0.0196. The van der Waals surface area contributed by atoms with E-state index in [9.17, 15) is 35.1 Å². The molecule has 1 aliphatic rings. The fourth-order valence-electron chi connectivity index (χ4n) is 8.48. The van der Waals surface area contributed by atoms with Crippen molar-refractivity contribution in [3.63, 3.8) is 0 Å². The Hall–Kier alpha value is -3.16. The molecule has 1 amide bonds. The molecule has 1 aliphatic heterocycles. The Kier molecular flexibility index (Phi) is 45.3. The van der Waals surface area contributed by atoms with E-state index in [2.05, 4.69) is 92.9 Å². The van der Waals surface area contributed by atoms with Gasteiger partial charge in [0.25, 0.3) is 0 Å². The Labute approximate surface area is 438 Å². The summed E-state index contributed by atoms with van der Waals surface area (Å²) in [6.07, 6.45) is 52.0. The van der Waals surface area contributed by atoms with Crippen molar-refractivity contribution >= 4 is 11.9 Å². The number of carbonyl (C=O) groups is 2. The molecule has 1 heterocycles. The van der Waals surface area contributed by atoms with Crippen LogP contribution in [0.15, 0.2) is 85.1 Å². The standard InChI is InChI=1S/C61H105NO10/c1-4-7-10-13-16-19-22-24-25-26-27-28-29-30-31-34-36-39-42-45-48-54(65)60(69)62-52(53(64)47-44-41-38-35-33-23-20-17-14-11-8-5-2)51-70-61-59(58(68)57(67)55(50-63)71-61)72-56(66)49-46-43-40-37-32-21-18-15-12-9-6-3/h7,10,16,19,24-25,27-28,30-31,36,39,44,47,52-55,57-59,61,63-65,67-68H,4-6,8-9,11-15,17-18,20-23,26,29,32-35,37-38,40-43,45-46,48-51H2,1-3H3,(H,62,69)/b10-7-,19-16-,25-24-,28-27-,31-30-,39-36-,47-44+. The van der Waals surface area contributed by atoms with Crippen LogP contribution in [-0.4, -0.2) is 99.6 Å². The Balaban J connectivity index is 2.76. The maximum Gasteiger partial charge on any atom is 0.306 e. The van der Waals surface area contributed by atoms with Gasteiger partial charge in [-0.25, -0.2) is 0 Å². The zero-order chi connectivity index (χ0) is 52.5. The summed E-state index contributed by atoms with van der Waals surface area (Å²) in [4.78, 5) is 26.4. The first kappa shape index (κ1) is 66.9. The van der Waals surface area contributed by atoms with Crippen molar-refractivity contribution in [2.75, 3.05) is 13.2 Å². The summed E-state index contributed by atoms with van der Waals surface area (Å²) in [7, 11) is 0. The molecular formula is C61H105NO10. The van der Waals surface area contributed by atoms with Gasteiger partial charge in [0.2, 0.25) is 5.91 Å². The highest BCUT2D eigenvalue weighted by molar-refractivity contribution is 5.80. The number of hydrogen-bond donors (Lipinski definition) is 6. The van der Waals surface area contributed by atoms with Crippen molar-refractivity contribution in [3.8, 4) is 0 Å². The van der Waals surface area contributed by atoms with Gasteiger partial charge in [0.05, 0.1) is 25.4 Å². The van der Waals surface area contributed by atoms with Gasteiger partial charge < -0.3 is 45.1 Å². The molecule has 0 aliphatic carbocycles. The number of hydrogen-bond acceptors (Lipinski definition) is 10. The van der Waals surface area contributed by atoms with Gasteiger partial charge in [-0.1, -0.05) is 228 Å². The highest BCUT2D eigenvalue weighted by atomic mass is 16.7. The summed E-state index contributed by atoms with van der Waals surface area (Å²) in [5, 5.41) is 56.7. The minimum absolute atomic E-state index is 0.117. The van der Waals surface area contributed by atoms with E-state index < -0.39 is 67.4 Å². The van der Waals surface area contributed by atoms with Crippen molar-refractivity contribution in [1.82, 2.24) is 5.32 Å². The molecule has 0 aromatic heterocycles. The summed E-state index contributed by atoms with van der Waals surface area (Å²) in [6, 6.07) is -1.05. The predicted octanol–water partition coefficient (Wildman–Crippen LogP) is 13.0. The molecule has 0 radical (unpaired) electrons.